The monoisotopic (exact) mass is 613 g/mol. The number of esters is 1. The number of carbonyl (C=O) groups is 3. The van der Waals surface area contributed by atoms with Crippen molar-refractivity contribution in [2.75, 3.05) is 18.5 Å². The molecule has 10 nitrogen and oxygen atoms in total. The number of anilines is 1. The topological polar surface area (TPSA) is 124 Å². The molecule has 0 aliphatic heterocycles. The maximum absolute atomic E-state index is 13.4. The van der Waals surface area contributed by atoms with Crippen molar-refractivity contribution >= 4 is 45.9 Å². The second-order valence-corrected chi connectivity index (χ2v) is 12.4. The van der Waals surface area contributed by atoms with Crippen LogP contribution in [0.15, 0.2) is 35.5 Å². The van der Waals surface area contributed by atoms with Crippen LogP contribution >= 0.6 is 23.1 Å². The number of hydrogen-bond donors (Lipinski definition) is 2. The molecule has 0 bridgehead atoms. The Kier molecular flexibility index (Phi) is 11.8. The summed E-state index contributed by atoms with van der Waals surface area (Å²) in [7, 11) is 0. The number of para-hydroxylation sites is 1. The average Bonchev–Trinajstić information content (AvgIpc) is 3.44. The minimum absolute atomic E-state index is 0.105. The lowest BCUT2D eigenvalue weighted by molar-refractivity contribution is -0.123. The van der Waals surface area contributed by atoms with E-state index in [0.29, 0.717) is 33.8 Å². The van der Waals surface area contributed by atoms with E-state index in [0.717, 1.165) is 55.4 Å². The second kappa shape index (κ2) is 15.7. The van der Waals surface area contributed by atoms with Gasteiger partial charge in [-0.3, -0.25) is 9.59 Å². The van der Waals surface area contributed by atoms with Crippen LogP contribution in [-0.4, -0.2) is 51.0 Å². The van der Waals surface area contributed by atoms with Gasteiger partial charge in [-0.15, -0.1) is 21.5 Å². The van der Waals surface area contributed by atoms with E-state index < -0.39 is 5.25 Å². The van der Waals surface area contributed by atoms with Crippen LogP contribution in [0.4, 0.5) is 5.00 Å². The molecular weight excluding hydrogens is 574 g/mol. The van der Waals surface area contributed by atoms with Crippen molar-refractivity contribution in [3.05, 3.63) is 52.2 Å². The summed E-state index contributed by atoms with van der Waals surface area (Å²) in [6, 6.07) is 9.16. The van der Waals surface area contributed by atoms with Crippen LogP contribution in [-0.2, 0) is 40.3 Å². The van der Waals surface area contributed by atoms with Crippen molar-refractivity contribution in [1.82, 2.24) is 20.1 Å². The molecule has 0 radical (unpaired) electrons. The minimum atomic E-state index is -0.506. The fourth-order valence-corrected chi connectivity index (χ4v) is 6.82. The third-order valence-electron chi connectivity index (χ3n) is 6.87. The lowest BCUT2D eigenvalue weighted by atomic mass is 10.1. The van der Waals surface area contributed by atoms with Crippen LogP contribution in [0.2, 0.25) is 0 Å². The van der Waals surface area contributed by atoms with Crippen molar-refractivity contribution in [3.63, 3.8) is 0 Å². The van der Waals surface area contributed by atoms with E-state index in [9.17, 15) is 14.4 Å². The van der Waals surface area contributed by atoms with Gasteiger partial charge in [0, 0.05) is 11.4 Å². The molecular formula is C30H39N5O5S2. The van der Waals surface area contributed by atoms with Gasteiger partial charge in [0.2, 0.25) is 5.91 Å². The van der Waals surface area contributed by atoms with E-state index in [4.69, 9.17) is 9.47 Å². The molecule has 1 aromatic carbocycles. The van der Waals surface area contributed by atoms with Gasteiger partial charge in [0.15, 0.2) is 17.6 Å². The molecule has 1 aliphatic carbocycles. The van der Waals surface area contributed by atoms with Crippen LogP contribution in [0.5, 0.6) is 5.75 Å². The van der Waals surface area contributed by atoms with Crippen molar-refractivity contribution < 1.29 is 23.9 Å². The zero-order chi connectivity index (χ0) is 29.9. The smallest absolute Gasteiger partial charge is 0.341 e. The molecule has 3 aromatic rings. The number of aromatic nitrogens is 3. The zero-order valence-corrected chi connectivity index (χ0v) is 26.1. The highest BCUT2D eigenvalue weighted by atomic mass is 32.2. The number of hydrogen-bond acceptors (Lipinski definition) is 9. The van der Waals surface area contributed by atoms with Crippen LogP contribution in [0.3, 0.4) is 0 Å². The summed E-state index contributed by atoms with van der Waals surface area (Å²) in [4.78, 5) is 39.8. The Labute approximate surface area is 255 Å². The summed E-state index contributed by atoms with van der Waals surface area (Å²) >= 11 is 2.79. The predicted molar refractivity (Wildman–Crippen MR) is 164 cm³/mol. The number of ether oxygens (including phenoxy) is 2. The molecule has 0 fully saturated rings. The standard InChI is InChI=1S/C30H39N5O5S2/c1-4-6-17-35-24(18-31-25(36)19-40-21-13-9-7-10-14-21)33-34-30(35)41-20(3)27(37)32-28-26(29(38)39-5-2)22-15-11-8-12-16-23(22)42-28/h7,9-10,13-14,20H,4-6,8,11-12,15-19H2,1-3H3,(H,31,36)(H,32,37)/t20-/m1/s1. The van der Waals surface area contributed by atoms with Crippen LogP contribution in [0.1, 0.15) is 79.5 Å². The minimum Gasteiger partial charge on any atom is -0.484 e. The summed E-state index contributed by atoms with van der Waals surface area (Å²) < 4.78 is 12.8. The fraction of sp³-hybridized carbons (Fsp3) is 0.500. The average molecular weight is 614 g/mol. The summed E-state index contributed by atoms with van der Waals surface area (Å²) in [6.07, 6.45) is 6.81. The summed E-state index contributed by atoms with van der Waals surface area (Å²) in [5.41, 5.74) is 1.52. The number of nitrogens with zero attached hydrogens (tertiary/aromatic N) is 3. The van der Waals surface area contributed by atoms with Gasteiger partial charge in [0.25, 0.3) is 5.91 Å². The van der Waals surface area contributed by atoms with Crippen LogP contribution in [0.25, 0.3) is 0 Å². The van der Waals surface area contributed by atoms with Gasteiger partial charge in [0.05, 0.1) is 24.0 Å². The predicted octanol–water partition coefficient (Wildman–Crippen LogP) is 5.40. The number of thioether (sulfide) groups is 1. The SMILES string of the molecule is CCCCn1c(CNC(=O)COc2ccccc2)nnc1S[C@H](C)C(=O)Nc1sc2c(c1C(=O)OCC)CCCCC2. The number of benzene rings is 1. The van der Waals surface area contributed by atoms with E-state index >= 15 is 0 Å². The summed E-state index contributed by atoms with van der Waals surface area (Å²) in [5, 5.41) is 15.2. The van der Waals surface area contributed by atoms with Crippen molar-refractivity contribution in [2.45, 2.75) is 89.2 Å². The molecule has 2 aromatic heterocycles. The van der Waals surface area contributed by atoms with E-state index in [2.05, 4.69) is 27.8 Å². The molecule has 4 rings (SSSR count). The number of thiophene rings is 1. The lowest BCUT2D eigenvalue weighted by Gasteiger charge is -2.14. The third-order valence-corrected chi connectivity index (χ3v) is 9.16. The van der Waals surface area contributed by atoms with E-state index in [1.807, 2.05) is 29.7 Å². The van der Waals surface area contributed by atoms with Crippen LogP contribution in [0, 0.1) is 0 Å². The van der Waals surface area contributed by atoms with Gasteiger partial charge in [-0.25, -0.2) is 4.79 Å². The van der Waals surface area contributed by atoms with E-state index in [1.165, 1.54) is 23.1 Å². The van der Waals surface area contributed by atoms with Gasteiger partial charge in [0.1, 0.15) is 10.8 Å². The molecule has 0 saturated carbocycles. The lowest BCUT2D eigenvalue weighted by Crippen LogP contribution is -2.29. The molecule has 0 unspecified atom stereocenters. The number of rotatable bonds is 14. The van der Waals surface area contributed by atoms with Gasteiger partial charge in [-0.05, 0) is 63.6 Å². The Morgan fingerprint density at radius 3 is 2.64 bits per heavy atom. The quantitative estimate of drug-likeness (QED) is 0.141. The Balaban J connectivity index is 1.41. The molecule has 2 amide bonds. The maximum Gasteiger partial charge on any atom is 0.341 e. The fourth-order valence-electron chi connectivity index (χ4n) is 4.65. The number of nitrogens with one attached hydrogen (secondary N) is 2. The molecule has 42 heavy (non-hydrogen) atoms. The number of amides is 2. The molecule has 1 atom stereocenters. The second-order valence-electron chi connectivity index (χ2n) is 10.0. The van der Waals surface area contributed by atoms with E-state index in [-0.39, 0.29) is 37.5 Å². The summed E-state index contributed by atoms with van der Waals surface area (Å²) in [6.45, 7) is 6.72. The highest BCUT2D eigenvalue weighted by Crippen LogP contribution is 2.38. The number of aryl methyl sites for hydroxylation is 1. The first-order valence-electron chi connectivity index (χ1n) is 14.6. The number of fused-ring (bicyclic) bond motifs is 1. The molecule has 226 valence electrons. The molecule has 12 heteroatoms. The van der Waals surface area contributed by atoms with E-state index in [1.54, 1.807) is 19.1 Å². The number of carbonyl (C=O) groups excluding carboxylic acids is 3. The first kappa shape index (κ1) is 31.6. The van der Waals surface area contributed by atoms with Crippen LogP contribution < -0.4 is 15.4 Å². The highest BCUT2D eigenvalue weighted by Gasteiger charge is 2.28. The largest absolute Gasteiger partial charge is 0.484 e. The maximum atomic E-state index is 13.4. The van der Waals surface area contributed by atoms with Gasteiger partial charge in [-0.1, -0.05) is 49.7 Å². The molecule has 0 spiro atoms. The Morgan fingerprint density at radius 1 is 1.10 bits per heavy atom. The highest BCUT2D eigenvalue weighted by molar-refractivity contribution is 8.00. The Bertz CT molecular complexity index is 1360. The normalized spacial score (nSPS) is 13.5. The first-order chi connectivity index (χ1) is 20.4. The van der Waals surface area contributed by atoms with Crippen molar-refractivity contribution in [1.29, 1.82) is 0 Å². The molecule has 2 N–H and O–H groups in total. The third kappa shape index (κ3) is 8.34. The van der Waals surface area contributed by atoms with Crippen molar-refractivity contribution in [2.24, 2.45) is 0 Å². The Hall–Kier alpha value is -3.38. The number of unbranched alkanes of at least 4 members (excludes halogenated alkanes) is 1. The van der Waals surface area contributed by atoms with Crippen molar-refractivity contribution in [3.8, 4) is 5.75 Å². The molecule has 2 heterocycles. The summed E-state index contributed by atoms with van der Waals surface area (Å²) in [5.74, 6) is 0.362. The van der Waals surface area contributed by atoms with Gasteiger partial charge in [-0.2, -0.15) is 0 Å². The molecule has 0 saturated heterocycles. The first-order valence-corrected chi connectivity index (χ1v) is 16.3. The van der Waals surface area contributed by atoms with Gasteiger partial charge < -0.3 is 24.7 Å². The Morgan fingerprint density at radius 2 is 1.88 bits per heavy atom. The van der Waals surface area contributed by atoms with Gasteiger partial charge >= 0.3 is 5.97 Å². The molecule has 1 aliphatic rings. The zero-order valence-electron chi connectivity index (χ0n) is 24.4.